The molecule has 20 heavy (non-hydrogen) atoms. The molecule has 1 aromatic heterocycles. The lowest BCUT2D eigenvalue weighted by molar-refractivity contribution is -0.121. The smallest absolute Gasteiger partial charge is 0.242 e. The molecule has 1 atom stereocenters. The molecule has 0 bridgehead atoms. The van der Waals surface area contributed by atoms with Gasteiger partial charge in [0.15, 0.2) is 0 Å². The Bertz CT molecular complexity index is 646. The molecular formula is C14H15BrN4O. The van der Waals surface area contributed by atoms with Crippen molar-refractivity contribution in [1.29, 1.82) is 0 Å². The maximum absolute atomic E-state index is 12.0. The largest absolute Gasteiger partial charge is 0.358 e. The number of carbonyl (C=O) groups is 1. The summed E-state index contributed by atoms with van der Waals surface area (Å²) in [5, 5.41) is 7.09. The van der Waals surface area contributed by atoms with Crippen LogP contribution in [-0.2, 0) is 4.79 Å². The van der Waals surface area contributed by atoms with E-state index in [2.05, 4.69) is 36.5 Å². The van der Waals surface area contributed by atoms with Crippen LogP contribution < -0.4 is 10.6 Å². The highest BCUT2D eigenvalue weighted by Gasteiger charge is 2.21. The van der Waals surface area contributed by atoms with Gasteiger partial charge in [-0.3, -0.25) is 4.79 Å². The van der Waals surface area contributed by atoms with Crippen LogP contribution in [-0.4, -0.2) is 28.5 Å². The van der Waals surface area contributed by atoms with Gasteiger partial charge in [-0.2, -0.15) is 0 Å². The number of fused-ring (bicyclic) bond motifs is 1. The van der Waals surface area contributed by atoms with Gasteiger partial charge in [0.05, 0.1) is 5.52 Å². The minimum atomic E-state index is -0.227. The van der Waals surface area contributed by atoms with E-state index in [4.69, 9.17) is 0 Å². The highest BCUT2D eigenvalue weighted by molar-refractivity contribution is 9.10. The van der Waals surface area contributed by atoms with Gasteiger partial charge in [0.25, 0.3) is 0 Å². The molecule has 104 valence electrons. The molecule has 1 amide bonds. The van der Waals surface area contributed by atoms with Crippen LogP contribution in [0, 0.1) is 0 Å². The van der Waals surface area contributed by atoms with E-state index in [-0.39, 0.29) is 11.9 Å². The third-order valence-electron chi connectivity index (χ3n) is 3.46. The van der Waals surface area contributed by atoms with Crippen LogP contribution >= 0.6 is 15.9 Å². The number of anilines is 1. The Morgan fingerprint density at radius 3 is 3.10 bits per heavy atom. The topological polar surface area (TPSA) is 66.9 Å². The van der Waals surface area contributed by atoms with Crippen molar-refractivity contribution in [3.05, 3.63) is 29.0 Å². The van der Waals surface area contributed by atoms with Crippen molar-refractivity contribution in [2.24, 2.45) is 0 Å². The van der Waals surface area contributed by atoms with Crippen molar-refractivity contribution in [3.8, 4) is 0 Å². The highest BCUT2D eigenvalue weighted by atomic mass is 79.9. The molecule has 0 saturated carbocycles. The van der Waals surface area contributed by atoms with Gasteiger partial charge in [-0.15, -0.1) is 0 Å². The molecule has 1 aliphatic rings. The second-order valence-electron chi connectivity index (χ2n) is 4.84. The number of para-hydroxylation sites is 1. The summed E-state index contributed by atoms with van der Waals surface area (Å²) in [6.45, 7) is 0.757. The Hall–Kier alpha value is -1.69. The number of amides is 1. The van der Waals surface area contributed by atoms with Crippen LogP contribution in [0.5, 0.6) is 0 Å². The number of benzene rings is 1. The van der Waals surface area contributed by atoms with E-state index in [1.54, 1.807) is 0 Å². The van der Waals surface area contributed by atoms with Gasteiger partial charge in [-0.05, 0) is 47.3 Å². The van der Waals surface area contributed by atoms with E-state index in [0.717, 1.165) is 41.2 Å². The molecule has 1 saturated heterocycles. The Labute approximate surface area is 125 Å². The van der Waals surface area contributed by atoms with Crippen molar-refractivity contribution < 1.29 is 4.79 Å². The fourth-order valence-corrected chi connectivity index (χ4v) is 2.88. The van der Waals surface area contributed by atoms with E-state index < -0.39 is 0 Å². The van der Waals surface area contributed by atoms with E-state index in [1.807, 2.05) is 18.2 Å². The minimum Gasteiger partial charge on any atom is -0.358 e. The van der Waals surface area contributed by atoms with E-state index in [0.29, 0.717) is 5.82 Å². The zero-order valence-corrected chi connectivity index (χ0v) is 12.5. The quantitative estimate of drug-likeness (QED) is 0.885. The molecule has 2 N–H and O–H groups in total. The molecule has 0 aliphatic carbocycles. The number of nitrogens with zero attached hydrogens (tertiary/aromatic N) is 2. The van der Waals surface area contributed by atoms with E-state index >= 15 is 0 Å². The predicted molar refractivity (Wildman–Crippen MR) is 81.5 cm³/mol. The number of halogens is 1. The molecule has 2 heterocycles. The first-order chi connectivity index (χ1) is 9.75. The monoisotopic (exact) mass is 334 g/mol. The number of nitrogens with one attached hydrogen (secondary N) is 2. The lowest BCUT2D eigenvalue weighted by Gasteiger charge is -2.17. The van der Waals surface area contributed by atoms with Crippen molar-refractivity contribution in [2.45, 2.75) is 25.3 Å². The van der Waals surface area contributed by atoms with Crippen LogP contribution in [0.2, 0.25) is 0 Å². The summed E-state index contributed by atoms with van der Waals surface area (Å²) in [5.41, 5.74) is 0.846. The average Bonchev–Trinajstić information content (AvgIpc) is 2.65. The summed E-state index contributed by atoms with van der Waals surface area (Å²) in [4.78, 5) is 20.6. The zero-order valence-electron chi connectivity index (χ0n) is 10.9. The molecule has 2 aromatic rings. The third kappa shape index (κ3) is 2.60. The standard InChI is InChI=1S/C14H15BrN4O/c15-10-5-3-4-9-12(10)17-8-18-13(9)19-11-6-1-2-7-16-14(11)20/h3-5,8,11H,1-2,6-7H2,(H,16,20)(H,17,18,19)/t11-/m1/s1. The number of carbonyl (C=O) groups excluding carboxylic acids is 1. The SMILES string of the molecule is O=C1NCCCC[C@H]1Nc1ncnc2c(Br)cccc12. The molecule has 0 spiro atoms. The van der Waals surface area contributed by atoms with Crippen LogP contribution in [0.1, 0.15) is 19.3 Å². The van der Waals surface area contributed by atoms with Gasteiger partial charge in [0, 0.05) is 16.4 Å². The molecule has 1 aromatic carbocycles. The van der Waals surface area contributed by atoms with Gasteiger partial charge >= 0.3 is 0 Å². The fourth-order valence-electron chi connectivity index (χ4n) is 2.41. The summed E-state index contributed by atoms with van der Waals surface area (Å²) in [6, 6.07) is 5.61. The summed E-state index contributed by atoms with van der Waals surface area (Å²) in [7, 11) is 0. The van der Waals surface area contributed by atoms with Gasteiger partial charge in [0.2, 0.25) is 5.91 Å². The van der Waals surface area contributed by atoms with Crippen molar-refractivity contribution >= 4 is 38.6 Å². The number of rotatable bonds is 2. The molecule has 1 aliphatic heterocycles. The van der Waals surface area contributed by atoms with Gasteiger partial charge in [-0.1, -0.05) is 6.07 Å². The third-order valence-corrected chi connectivity index (χ3v) is 4.10. The van der Waals surface area contributed by atoms with E-state index in [9.17, 15) is 4.79 Å². The number of aromatic nitrogens is 2. The van der Waals surface area contributed by atoms with Crippen molar-refractivity contribution in [2.75, 3.05) is 11.9 Å². The maximum atomic E-state index is 12.0. The summed E-state index contributed by atoms with van der Waals surface area (Å²) in [5.74, 6) is 0.752. The summed E-state index contributed by atoms with van der Waals surface area (Å²) >= 11 is 3.48. The Kier molecular flexibility index (Phi) is 3.82. The summed E-state index contributed by atoms with van der Waals surface area (Å²) in [6.07, 6.45) is 4.40. The molecule has 3 rings (SSSR count). The van der Waals surface area contributed by atoms with Crippen LogP contribution in [0.4, 0.5) is 5.82 Å². The first-order valence-electron chi connectivity index (χ1n) is 6.69. The Morgan fingerprint density at radius 2 is 2.20 bits per heavy atom. The van der Waals surface area contributed by atoms with Crippen molar-refractivity contribution in [3.63, 3.8) is 0 Å². The first kappa shape index (κ1) is 13.3. The first-order valence-corrected chi connectivity index (χ1v) is 7.48. The Balaban J connectivity index is 1.94. The average molecular weight is 335 g/mol. The minimum absolute atomic E-state index is 0.0456. The predicted octanol–water partition coefficient (Wildman–Crippen LogP) is 2.47. The number of hydrogen-bond acceptors (Lipinski definition) is 4. The molecule has 0 radical (unpaired) electrons. The fraction of sp³-hybridized carbons (Fsp3) is 0.357. The maximum Gasteiger partial charge on any atom is 0.242 e. The second-order valence-corrected chi connectivity index (χ2v) is 5.70. The van der Waals surface area contributed by atoms with Crippen LogP contribution in [0.3, 0.4) is 0 Å². The van der Waals surface area contributed by atoms with Gasteiger partial charge in [0.1, 0.15) is 18.2 Å². The van der Waals surface area contributed by atoms with Crippen LogP contribution in [0.15, 0.2) is 29.0 Å². The normalized spacial score (nSPS) is 19.4. The highest BCUT2D eigenvalue weighted by Crippen LogP contribution is 2.26. The lowest BCUT2D eigenvalue weighted by atomic mass is 10.1. The number of hydrogen-bond donors (Lipinski definition) is 2. The van der Waals surface area contributed by atoms with Crippen LogP contribution in [0.25, 0.3) is 10.9 Å². The van der Waals surface area contributed by atoms with E-state index in [1.165, 1.54) is 6.33 Å². The molecule has 0 unspecified atom stereocenters. The van der Waals surface area contributed by atoms with Crippen molar-refractivity contribution in [1.82, 2.24) is 15.3 Å². The van der Waals surface area contributed by atoms with Gasteiger partial charge < -0.3 is 10.6 Å². The molecule has 5 nitrogen and oxygen atoms in total. The molecule has 1 fully saturated rings. The zero-order chi connectivity index (χ0) is 13.9. The second kappa shape index (κ2) is 5.75. The lowest BCUT2D eigenvalue weighted by Crippen LogP contribution is -2.38. The van der Waals surface area contributed by atoms with Gasteiger partial charge in [-0.25, -0.2) is 9.97 Å². The molecule has 6 heteroatoms. The molecular weight excluding hydrogens is 320 g/mol. The summed E-state index contributed by atoms with van der Waals surface area (Å²) < 4.78 is 0.922. The Morgan fingerprint density at radius 1 is 1.30 bits per heavy atom.